The molecule has 1 fully saturated rings. The molecule has 2 rings (SSSR count). The Bertz CT molecular complexity index is 435. The van der Waals surface area contributed by atoms with Gasteiger partial charge in [-0.2, -0.15) is 5.10 Å². The summed E-state index contributed by atoms with van der Waals surface area (Å²) >= 11 is 5.97. The van der Waals surface area contributed by atoms with Crippen LogP contribution < -0.4 is 15.8 Å². The van der Waals surface area contributed by atoms with E-state index < -0.39 is 0 Å². The maximum Gasteiger partial charge on any atom is 0.285 e. The second-order valence-electron chi connectivity index (χ2n) is 3.89. The molecule has 7 heteroatoms. The predicted molar refractivity (Wildman–Crippen MR) is 65.7 cm³/mol. The van der Waals surface area contributed by atoms with Crippen molar-refractivity contribution in [1.29, 1.82) is 0 Å². The summed E-state index contributed by atoms with van der Waals surface area (Å²) < 4.78 is 5.59. The van der Waals surface area contributed by atoms with Crippen molar-refractivity contribution >= 4 is 17.3 Å². The van der Waals surface area contributed by atoms with Crippen LogP contribution in [0.5, 0.6) is 0 Å². The molecule has 17 heavy (non-hydrogen) atoms. The Hall–Kier alpha value is -1.11. The summed E-state index contributed by atoms with van der Waals surface area (Å²) in [6.07, 6.45) is 1.68. The number of nitrogens with zero attached hydrogens (tertiary/aromatic N) is 2. The van der Waals surface area contributed by atoms with Gasteiger partial charge in [0.2, 0.25) is 0 Å². The number of anilines is 1. The third-order valence-corrected chi connectivity index (χ3v) is 3.05. The number of aromatic nitrogens is 2. The lowest BCUT2D eigenvalue weighted by Gasteiger charge is -2.34. The maximum absolute atomic E-state index is 11.4. The second kappa shape index (κ2) is 5.48. The third kappa shape index (κ3) is 2.77. The smallest absolute Gasteiger partial charge is 0.285 e. The van der Waals surface area contributed by atoms with E-state index in [1.165, 1.54) is 0 Å². The molecule has 0 amide bonds. The van der Waals surface area contributed by atoms with Gasteiger partial charge >= 0.3 is 0 Å². The highest BCUT2D eigenvalue weighted by Crippen LogP contribution is 2.22. The Balaban J connectivity index is 2.16. The highest BCUT2D eigenvalue weighted by atomic mass is 35.5. The van der Waals surface area contributed by atoms with Crippen molar-refractivity contribution in [2.24, 2.45) is 0 Å². The number of hydrogen-bond acceptors (Lipinski definition) is 5. The lowest BCUT2D eigenvalue weighted by molar-refractivity contribution is 0.0421. The van der Waals surface area contributed by atoms with Crippen LogP contribution in [0.2, 0.25) is 5.02 Å². The molecule has 2 heterocycles. The van der Waals surface area contributed by atoms with E-state index in [4.69, 9.17) is 16.3 Å². The van der Waals surface area contributed by atoms with E-state index in [1.54, 1.807) is 6.20 Å². The Morgan fingerprint density at radius 1 is 1.76 bits per heavy atom. The van der Waals surface area contributed by atoms with E-state index in [1.807, 2.05) is 11.9 Å². The molecule has 0 radical (unpaired) electrons. The molecule has 0 aliphatic carbocycles. The third-order valence-electron chi connectivity index (χ3n) is 2.69. The minimum atomic E-state index is -0.360. The predicted octanol–water partition coefficient (Wildman–Crippen LogP) is -0.152. The second-order valence-corrected chi connectivity index (χ2v) is 4.27. The van der Waals surface area contributed by atoms with Gasteiger partial charge in [-0.05, 0) is 7.05 Å². The van der Waals surface area contributed by atoms with Crippen LogP contribution in [0.4, 0.5) is 5.69 Å². The number of hydrogen-bond donors (Lipinski definition) is 2. The largest absolute Gasteiger partial charge is 0.373 e. The lowest BCUT2D eigenvalue weighted by atomic mass is 10.2. The molecule has 1 aromatic heterocycles. The van der Waals surface area contributed by atoms with Crippen molar-refractivity contribution < 1.29 is 4.74 Å². The molecular formula is C10H15ClN4O2. The molecule has 6 nitrogen and oxygen atoms in total. The molecule has 1 atom stereocenters. The van der Waals surface area contributed by atoms with Crippen molar-refractivity contribution in [2.75, 3.05) is 38.2 Å². The Labute approximate surface area is 104 Å². The summed E-state index contributed by atoms with van der Waals surface area (Å²) in [5.74, 6) is 0. The normalized spacial score (nSPS) is 20.6. The van der Waals surface area contributed by atoms with Crippen LogP contribution in [0.3, 0.4) is 0 Å². The molecule has 0 spiro atoms. The van der Waals surface area contributed by atoms with E-state index in [0.717, 1.165) is 6.54 Å². The number of morpholine rings is 1. The summed E-state index contributed by atoms with van der Waals surface area (Å²) in [6, 6.07) is 0. The summed E-state index contributed by atoms with van der Waals surface area (Å²) in [6.45, 7) is 2.80. The Morgan fingerprint density at radius 2 is 2.59 bits per heavy atom. The van der Waals surface area contributed by atoms with Gasteiger partial charge in [-0.1, -0.05) is 11.6 Å². The zero-order valence-corrected chi connectivity index (χ0v) is 10.3. The molecule has 0 bridgehead atoms. The van der Waals surface area contributed by atoms with E-state index in [9.17, 15) is 4.79 Å². The highest BCUT2D eigenvalue weighted by molar-refractivity contribution is 6.32. The number of ether oxygens (including phenoxy) is 1. The minimum Gasteiger partial charge on any atom is -0.373 e. The quantitative estimate of drug-likeness (QED) is 0.789. The highest BCUT2D eigenvalue weighted by Gasteiger charge is 2.22. The van der Waals surface area contributed by atoms with Crippen LogP contribution >= 0.6 is 11.6 Å². The number of nitrogens with one attached hydrogen (secondary N) is 2. The molecule has 2 N–H and O–H groups in total. The Morgan fingerprint density at radius 3 is 3.35 bits per heavy atom. The van der Waals surface area contributed by atoms with Gasteiger partial charge < -0.3 is 15.0 Å². The molecule has 1 aromatic rings. The number of likely N-dealkylation sites (N-methyl/N-ethyl adjacent to an activating group) is 1. The van der Waals surface area contributed by atoms with E-state index >= 15 is 0 Å². The van der Waals surface area contributed by atoms with Gasteiger partial charge in [0, 0.05) is 19.6 Å². The maximum atomic E-state index is 11.4. The zero-order valence-electron chi connectivity index (χ0n) is 9.57. The summed E-state index contributed by atoms with van der Waals surface area (Å²) in [5.41, 5.74) is 0.306. The SMILES string of the molecule is CNCC1CN(c2cn[nH]c(=O)c2Cl)CCO1. The van der Waals surface area contributed by atoms with E-state index in [-0.39, 0.29) is 16.7 Å². The van der Waals surface area contributed by atoms with Gasteiger partial charge in [-0.3, -0.25) is 4.79 Å². The number of H-pyrrole nitrogens is 1. The van der Waals surface area contributed by atoms with Gasteiger partial charge in [0.15, 0.2) is 0 Å². The molecule has 1 aliphatic rings. The van der Waals surface area contributed by atoms with Crippen LogP contribution in [-0.4, -0.2) is 49.6 Å². The van der Waals surface area contributed by atoms with Crippen LogP contribution in [-0.2, 0) is 4.74 Å². The summed E-state index contributed by atoms with van der Waals surface area (Å²) in [5, 5.41) is 9.33. The summed E-state index contributed by atoms with van der Waals surface area (Å²) in [4.78, 5) is 13.4. The summed E-state index contributed by atoms with van der Waals surface area (Å²) in [7, 11) is 1.88. The van der Waals surface area contributed by atoms with E-state index in [0.29, 0.717) is 25.4 Å². The minimum absolute atomic E-state index is 0.101. The van der Waals surface area contributed by atoms with Crippen molar-refractivity contribution in [3.8, 4) is 0 Å². The van der Waals surface area contributed by atoms with Crippen LogP contribution in [0, 0.1) is 0 Å². The van der Waals surface area contributed by atoms with Crippen LogP contribution in [0.25, 0.3) is 0 Å². The number of aromatic amines is 1. The first-order chi connectivity index (χ1) is 8.22. The fraction of sp³-hybridized carbons (Fsp3) is 0.600. The van der Waals surface area contributed by atoms with Gasteiger partial charge in [0.05, 0.1) is 24.6 Å². The topological polar surface area (TPSA) is 70.2 Å². The number of halogens is 1. The van der Waals surface area contributed by atoms with Crippen LogP contribution in [0.15, 0.2) is 11.0 Å². The molecule has 1 unspecified atom stereocenters. The van der Waals surface area contributed by atoms with Crippen molar-refractivity contribution in [3.63, 3.8) is 0 Å². The first-order valence-electron chi connectivity index (χ1n) is 5.46. The molecule has 1 aliphatic heterocycles. The first-order valence-corrected chi connectivity index (χ1v) is 5.84. The first kappa shape index (κ1) is 12.3. The Kier molecular flexibility index (Phi) is 3.98. The van der Waals surface area contributed by atoms with Gasteiger partial charge in [0.1, 0.15) is 5.02 Å². The van der Waals surface area contributed by atoms with Crippen molar-refractivity contribution in [2.45, 2.75) is 6.10 Å². The average Bonchev–Trinajstić information content (AvgIpc) is 2.33. The molecule has 1 saturated heterocycles. The molecule has 0 saturated carbocycles. The lowest BCUT2D eigenvalue weighted by Crippen LogP contribution is -2.46. The average molecular weight is 259 g/mol. The van der Waals surface area contributed by atoms with E-state index in [2.05, 4.69) is 15.5 Å². The van der Waals surface area contributed by atoms with Gasteiger partial charge in [0.25, 0.3) is 5.56 Å². The molecule has 94 valence electrons. The van der Waals surface area contributed by atoms with Gasteiger partial charge in [-0.25, -0.2) is 5.10 Å². The standard InChI is InChI=1S/C10H15ClN4O2/c1-12-4-7-6-15(2-3-17-7)8-5-13-14-10(16)9(8)11/h5,7,12H,2-4,6H2,1H3,(H,14,16). The van der Waals surface area contributed by atoms with Crippen LogP contribution in [0.1, 0.15) is 0 Å². The molecule has 0 aromatic carbocycles. The number of rotatable bonds is 3. The van der Waals surface area contributed by atoms with Crippen molar-refractivity contribution in [1.82, 2.24) is 15.5 Å². The fourth-order valence-electron chi connectivity index (χ4n) is 1.88. The molecular weight excluding hydrogens is 244 g/mol. The van der Waals surface area contributed by atoms with Crippen molar-refractivity contribution in [3.05, 3.63) is 21.6 Å². The monoisotopic (exact) mass is 258 g/mol. The van der Waals surface area contributed by atoms with Gasteiger partial charge in [-0.15, -0.1) is 0 Å². The fourth-order valence-corrected chi connectivity index (χ4v) is 2.09. The zero-order chi connectivity index (χ0) is 12.3.